The molecule has 0 aliphatic carbocycles. The Labute approximate surface area is 169 Å². The van der Waals surface area contributed by atoms with Crippen LogP contribution >= 0.6 is 23.1 Å². The Morgan fingerprint density at radius 2 is 2.07 bits per heavy atom. The Balaban J connectivity index is 1.64. The number of Topliss-reactive ketones (excluding diaryl/α,β-unsaturated/α-hetero) is 1. The van der Waals surface area contributed by atoms with Gasteiger partial charge in [-0.2, -0.15) is 0 Å². The van der Waals surface area contributed by atoms with Crippen LogP contribution in [0, 0.1) is 5.82 Å². The molecule has 0 saturated carbocycles. The van der Waals surface area contributed by atoms with Crippen LogP contribution in [-0.4, -0.2) is 26.7 Å². The predicted octanol–water partition coefficient (Wildman–Crippen LogP) is 3.96. The fraction of sp³-hybridized carbons (Fsp3) is 0.350. The Hall–Kier alpha value is -2.03. The topological polar surface area (TPSA) is 61.2 Å². The van der Waals surface area contributed by atoms with Gasteiger partial charge in [-0.3, -0.25) is 14.2 Å². The molecule has 0 spiro atoms. The smallest absolute Gasteiger partial charge is 0.262 e. The first-order valence-corrected chi connectivity index (χ1v) is 10.6. The monoisotopic (exact) mass is 418 g/mol. The van der Waals surface area contributed by atoms with Crippen LogP contribution in [0.4, 0.5) is 4.39 Å². The second kappa shape index (κ2) is 7.09. The lowest BCUT2D eigenvalue weighted by Gasteiger charge is -2.29. The number of ketones is 1. The van der Waals surface area contributed by atoms with Crippen molar-refractivity contribution in [3.05, 3.63) is 56.4 Å². The summed E-state index contributed by atoms with van der Waals surface area (Å²) in [6.45, 7) is 4.52. The van der Waals surface area contributed by atoms with E-state index in [1.807, 2.05) is 13.8 Å². The Kier molecular flexibility index (Phi) is 4.89. The summed E-state index contributed by atoms with van der Waals surface area (Å²) in [5.74, 6) is -0.397. The van der Waals surface area contributed by atoms with Gasteiger partial charge in [-0.15, -0.1) is 11.3 Å². The first-order valence-electron chi connectivity index (χ1n) is 8.82. The van der Waals surface area contributed by atoms with E-state index in [1.165, 1.54) is 51.9 Å². The van der Waals surface area contributed by atoms with Crippen molar-refractivity contribution in [1.29, 1.82) is 0 Å². The Bertz CT molecular complexity index is 1130. The van der Waals surface area contributed by atoms with Gasteiger partial charge in [0.2, 0.25) is 0 Å². The largest absolute Gasteiger partial charge is 0.370 e. The van der Waals surface area contributed by atoms with Crippen molar-refractivity contribution in [3.63, 3.8) is 0 Å². The van der Waals surface area contributed by atoms with E-state index in [1.54, 1.807) is 7.05 Å². The highest BCUT2D eigenvalue weighted by molar-refractivity contribution is 7.99. The molecule has 0 bridgehead atoms. The van der Waals surface area contributed by atoms with E-state index < -0.39 is 0 Å². The summed E-state index contributed by atoms with van der Waals surface area (Å²) in [4.78, 5) is 31.7. The van der Waals surface area contributed by atoms with Crippen molar-refractivity contribution in [2.45, 2.75) is 37.6 Å². The number of hydrogen-bond donors (Lipinski definition) is 0. The molecule has 5 nitrogen and oxygen atoms in total. The van der Waals surface area contributed by atoms with Crippen LogP contribution in [-0.2, 0) is 24.8 Å². The standard InChI is InChI=1S/C20H19FN2O3S2/c1-20(2)8-13-15(9-26-20)28-17-16(13)18(25)23(3)19(22-17)27-10-14(24)11-4-6-12(21)7-5-11/h4-7H,8-10H2,1-3H3. The molecule has 8 heteroatoms. The van der Waals surface area contributed by atoms with Gasteiger partial charge in [-0.25, -0.2) is 9.37 Å². The number of ether oxygens (including phenoxy) is 1. The fourth-order valence-electron chi connectivity index (χ4n) is 3.23. The van der Waals surface area contributed by atoms with Crippen LogP contribution in [0.5, 0.6) is 0 Å². The number of thiophene rings is 1. The Morgan fingerprint density at radius 3 is 2.79 bits per heavy atom. The zero-order valence-electron chi connectivity index (χ0n) is 15.7. The van der Waals surface area contributed by atoms with Crippen LogP contribution in [0.3, 0.4) is 0 Å². The third-order valence-corrected chi connectivity index (χ3v) is 6.90. The molecule has 146 valence electrons. The lowest BCUT2D eigenvalue weighted by molar-refractivity contribution is -0.0379. The summed E-state index contributed by atoms with van der Waals surface area (Å²) in [5.41, 5.74) is 1.06. The second-order valence-corrected chi connectivity index (χ2v) is 9.41. The van der Waals surface area contributed by atoms with Crippen molar-refractivity contribution in [3.8, 4) is 0 Å². The van der Waals surface area contributed by atoms with Gasteiger partial charge in [0, 0.05) is 23.9 Å². The molecule has 0 atom stereocenters. The molecular weight excluding hydrogens is 399 g/mol. The van der Waals surface area contributed by atoms with Crippen molar-refractivity contribution in [2.75, 3.05) is 5.75 Å². The highest BCUT2D eigenvalue weighted by Gasteiger charge is 2.31. The third-order valence-electron chi connectivity index (χ3n) is 4.77. The van der Waals surface area contributed by atoms with E-state index in [0.717, 1.165) is 10.4 Å². The minimum atomic E-state index is -0.382. The summed E-state index contributed by atoms with van der Waals surface area (Å²) in [6.07, 6.45) is 0.675. The fourth-order valence-corrected chi connectivity index (χ4v) is 5.24. The average Bonchev–Trinajstić information content (AvgIpc) is 3.00. The number of halogens is 1. The van der Waals surface area contributed by atoms with Gasteiger partial charge >= 0.3 is 0 Å². The minimum absolute atomic E-state index is 0.100. The van der Waals surface area contributed by atoms with Crippen LogP contribution in [0.15, 0.2) is 34.2 Å². The van der Waals surface area contributed by atoms with Gasteiger partial charge in [0.1, 0.15) is 10.6 Å². The number of benzene rings is 1. The SMILES string of the molecule is Cn1c(SCC(=O)c2ccc(F)cc2)nc2sc3c(c2c1=O)CC(C)(C)OC3. The molecule has 1 aromatic carbocycles. The number of rotatable bonds is 4. The maximum Gasteiger partial charge on any atom is 0.262 e. The van der Waals surface area contributed by atoms with Crippen molar-refractivity contribution in [1.82, 2.24) is 9.55 Å². The summed E-state index contributed by atoms with van der Waals surface area (Å²) in [5, 5.41) is 1.15. The number of hydrogen-bond acceptors (Lipinski definition) is 6. The zero-order chi connectivity index (χ0) is 20.1. The minimum Gasteiger partial charge on any atom is -0.370 e. The van der Waals surface area contributed by atoms with E-state index in [0.29, 0.717) is 34.0 Å². The normalized spacial score (nSPS) is 15.6. The van der Waals surface area contributed by atoms with Crippen LogP contribution in [0.2, 0.25) is 0 Å². The predicted molar refractivity (Wildman–Crippen MR) is 109 cm³/mol. The quantitative estimate of drug-likeness (QED) is 0.365. The summed E-state index contributed by atoms with van der Waals surface area (Å²) < 4.78 is 20.4. The van der Waals surface area contributed by atoms with Gasteiger partial charge in [0.15, 0.2) is 10.9 Å². The van der Waals surface area contributed by atoms with Crippen molar-refractivity contribution in [2.24, 2.45) is 7.05 Å². The number of fused-ring (bicyclic) bond motifs is 3. The molecule has 0 N–H and O–H groups in total. The summed E-state index contributed by atoms with van der Waals surface area (Å²) in [6, 6.07) is 5.45. The van der Waals surface area contributed by atoms with E-state index in [4.69, 9.17) is 4.74 Å². The lowest BCUT2D eigenvalue weighted by atomic mass is 9.94. The van der Waals surface area contributed by atoms with Crippen LogP contribution < -0.4 is 5.56 Å². The van der Waals surface area contributed by atoms with Crippen LogP contribution in [0.25, 0.3) is 10.2 Å². The molecule has 0 amide bonds. The molecule has 0 fully saturated rings. The van der Waals surface area contributed by atoms with E-state index in [9.17, 15) is 14.0 Å². The van der Waals surface area contributed by atoms with Gasteiger partial charge in [-0.1, -0.05) is 11.8 Å². The molecule has 0 radical (unpaired) electrons. The number of nitrogens with zero attached hydrogens (tertiary/aromatic N) is 2. The molecule has 3 heterocycles. The molecule has 0 unspecified atom stereocenters. The highest BCUT2D eigenvalue weighted by atomic mass is 32.2. The van der Waals surface area contributed by atoms with Gasteiger partial charge in [0.05, 0.1) is 23.3 Å². The average molecular weight is 419 g/mol. The first kappa shape index (κ1) is 19.3. The van der Waals surface area contributed by atoms with E-state index in [2.05, 4.69) is 4.98 Å². The zero-order valence-corrected chi connectivity index (χ0v) is 17.4. The van der Waals surface area contributed by atoms with Gasteiger partial charge < -0.3 is 4.74 Å². The molecule has 1 aliphatic rings. The lowest BCUT2D eigenvalue weighted by Crippen LogP contribution is -2.32. The number of carbonyl (C=O) groups is 1. The molecule has 1 aliphatic heterocycles. The van der Waals surface area contributed by atoms with Crippen LogP contribution in [0.1, 0.15) is 34.6 Å². The van der Waals surface area contributed by atoms with Gasteiger partial charge in [0.25, 0.3) is 5.56 Å². The molecule has 3 aromatic rings. The van der Waals surface area contributed by atoms with Crippen molar-refractivity contribution >= 4 is 39.1 Å². The van der Waals surface area contributed by atoms with Gasteiger partial charge in [-0.05, 0) is 43.7 Å². The Morgan fingerprint density at radius 1 is 1.36 bits per heavy atom. The van der Waals surface area contributed by atoms with Crippen molar-refractivity contribution < 1.29 is 13.9 Å². The first-order chi connectivity index (χ1) is 13.2. The molecule has 0 saturated heterocycles. The highest BCUT2D eigenvalue weighted by Crippen LogP contribution is 2.37. The third kappa shape index (κ3) is 3.52. The maximum absolute atomic E-state index is 13.0. The second-order valence-electron chi connectivity index (χ2n) is 7.39. The summed E-state index contributed by atoms with van der Waals surface area (Å²) in [7, 11) is 1.67. The number of aromatic nitrogens is 2. The molecule has 2 aromatic heterocycles. The number of carbonyl (C=O) groups excluding carboxylic acids is 1. The maximum atomic E-state index is 13.0. The summed E-state index contributed by atoms with van der Waals surface area (Å²) >= 11 is 2.69. The molecular formula is C20H19FN2O3S2. The number of thioether (sulfide) groups is 1. The molecule has 4 rings (SSSR count). The van der Waals surface area contributed by atoms with E-state index in [-0.39, 0.29) is 28.5 Å². The van der Waals surface area contributed by atoms with E-state index >= 15 is 0 Å². The molecule has 28 heavy (non-hydrogen) atoms.